The molecular weight excluding hydrogens is 1700 g/mol. The van der Waals surface area contributed by atoms with E-state index in [1.54, 1.807) is 107 Å². The number of rotatable bonds is 34. The molecule has 12 N–H and O–H groups in total. The van der Waals surface area contributed by atoms with Crippen LogP contribution in [0.5, 0.6) is 17.2 Å². The number of ether oxygens (including phenoxy) is 6. The van der Waals surface area contributed by atoms with Gasteiger partial charge in [0.2, 0.25) is 0 Å². The van der Waals surface area contributed by atoms with Crippen molar-refractivity contribution in [3.8, 4) is 17.2 Å². The van der Waals surface area contributed by atoms with Gasteiger partial charge in [0.25, 0.3) is 0 Å². The number of nitrogens with two attached hydrogens (primary N) is 3. The van der Waals surface area contributed by atoms with E-state index in [1.165, 1.54) is 25.9 Å². The predicted molar refractivity (Wildman–Crippen MR) is 466 cm³/mol. The second-order valence-corrected chi connectivity index (χ2v) is 36.8. The summed E-state index contributed by atoms with van der Waals surface area (Å²) in [4.78, 5) is 77.3. The maximum absolute atomic E-state index is 14.5. The highest BCUT2D eigenvalue weighted by Gasteiger charge is 2.48. The number of aliphatic hydroxyl groups is 3. The number of carbonyl (C=O) groups is 3. The Kier molecular flexibility index (Phi) is 30.6. The van der Waals surface area contributed by atoms with Gasteiger partial charge in [0.1, 0.15) is 138 Å². The van der Waals surface area contributed by atoms with Crippen molar-refractivity contribution in [1.29, 1.82) is 0 Å². The van der Waals surface area contributed by atoms with Crippen molar-refractivity contribution in [2.75, 3.05) is 50.2 Å². The van der Waals surface area contributed by atoms with Crippen LogP contribution in [0.4, 0.5) is 17.5 Å². The summed E-state index contributed by atoms with van der Waals surface area (Å²) in [6, 6.07) is 46.1. The topological polar surface area (TPSA) is 519 Å². The summed E-state index contributed by atoms with van der Waals surface area (Å²) in [6.45, 7) is 14.9. The smallest absolute Gasteiger partial charge is 0.459 e. The number of imidazole rings is 3. The summed E-state index contributed by atoms with van der Waals surface area (Å²) in [5.74, 6) is 1.07. The molecule has 3 fully saturated rings. The molecule has 3 unspecified atom stereocenters. The molecule has 674 valence electrons. The van der Waals surface area contributed by atoms with Crippen molar-refractivity contribution < 1.29 is 99.0 Å². The zero-order valence-corrected chi connectivity index (χ0v) is 73.8. The second kappa shape index (κ2) is 41.6. The molecule has 3 aliphatic rings. The Morgan fingerprint density at radius 2 is 0.882 bits per heavy atom. The summed E-state index contributed by atoms with van der Waals surface area (Å²) < 4.78 is 118. The van der Waals surface area contributed by atoms with Crippen molar-refractivity contribution in [1.82, 2.24) is 73.8 Å². The van der Waals surface area contributed by atoms with Gasteiger partial charge in [-0.15, -0.1) is 0 Å². The molecule has 12 aromatic rings. The largest absolute Gasteiger partial charge is 0.464 e. The van der Waals surface area contributed by atoms with E-state index in [0.717, 1.165) is 16.5 Å². The van der Waals surface area contributed by atoms with Gasteiger partial charge in [-0.25, -0.2) is 63.6 Å². The first-order valence-corrected chi connectivity index (χ1v) is 45.5. The first-order valence-electron chi connectivity index (χ1n) is 40.9. The maximum atomic E-state index is 14.5. The Labute approximate surface area is 730 Å². The number of nitrogens with one attached hydrogen (secondary N) is 3. The van der Waals surface area contributed by atoms with Crippen LogP contribution in [0.15, 0.2) is 183 Å². The number of anilines is 3. The molecule has 0 bridgehead atoms. The molecule has 6 aromatic heterocycles. The average molecular weight is 1810 g/mol. The van der Waals surface area contributed by atoms with Crippen LogP contribution in [0.2, 0.25) is 0 Å². The molecule has 3 aliphatic heterocycles. The standard InChI is InChI=1S/C30H37N6O7P.C29H37N6O7P.C26H29N6O7P/c1-19(2)14-23(30(38)40-17-21-10-6-4-7-11-21)35-44(39,42-22-12-8-5-9-13-22)43-24-15-26(41-25(24)16-37)36-18-32-27-28(31)33-20(3)34-29(27)36;1-17(28(37)39-15-29(3,4)5)34-43(38,41-21-12-8-10-19-9-6-7-11-20(19)21)42-22-13-24(40-23(22)14-36)35-16-31-25-26(30)32-18(2)33-27(25)35;1-17-30-25(27)24-26(31-17)32(16-28-24)22-12-20(21(14-33)37-22)39-40(35,38-19-10-6-3-7-11-19)29-13-23(34)36-15-18-8-4-2-5-9-18/h4-13,18-19,23-26,37H,14-17H2,1-3H3,(H,35,39)(H2,31,33,34);6-12,16-17,22-24,36H,13-15H2,1-5H3,(H,34,38)(H2,30,32,33);2-11,16,20-22,33H,12-15H2,1H3,(H,29,35)(H2,27,30,31)/t23-,24+,25+,26+,44?;17-,22+,23+,24+,43?;20-,21-,22-,40?/m001/s1. The van der Waals surface area contributed by atoms with Crippen LogP contribution in [0.3, 0.4) is 0 Å². The second-order valence-electron chi connectivity index (χ2n) is 31.8. The first kappa shape index (κ1) is 93.3. The Morgan fingerprint density at radius 3 is 1.31 bits per heavy atom. The third-order valence-electron chi connectivity index (χ3n) is 20.0. The van der Waals surface area contributed by atoms with Crippen molar-refractivity contribution in [2.24, 2.45) is 11.3 Å². The highest BCUT2D eigenvalue weighted by atomic mass is 31.2. The van der Waals surface area contributed by atoms with E-state index in [0.29, 0.717) is 68.5 Å². The lowest BCUT2D eigenvalue weighted by atomic mass is 9.99. The van der Waals surface area contributed by atoms with Gasteiger partial charge < -0.3 is 74.5 Å². The number of esters is 3. The SMILES string of the molecule is Cc1nc(N)c2ncn([C@H]3C[C@@H](OP(=O)(NCC(=O)OCc4ccccc4)Oc4ccccc4)[C@@H](CO)O3)c2n1.Cc1nc(N)c2ncn([C@H]3C[C@@H](OP(=O)(N[C@@H](C)C(=O)OCC(C)(C)C)Oc4cccc5ccccc45)[C@@H](CO)O3)c2n1.Cc1nc(N)c2ncn([C@H]3C[C@@H](OP(=O)(N[C@@H](CC(C)C)C(=O)OCc4ccccc4)Oc4ccccc4)[C@@H](CO)O3)c2n1. The van der Waals surface area contributed by atoms with E-state index in [9.17, 15) is 43.4 Å². The van der Waals surface area contributed by atoms with Crippen LogP contribution in [0.1, 0.15) is 115 Å². The summed E-state index contributed by atoms with van der Waals surface area (Å²) >= 11 is 0. The fraction of sp³-hybridized carbons (Fsp3) is 0.388. The minimum atomic E-state index is -4.30. The predicted octanol–water partition coefficient (Wildman–Crippen LogP) is 11.5. The minimum Gasteiger partial charge on any atom is -0.464 e. The lowest BCUT2D eigenvalue weighted by molar-refractivity contribution is -0.148. The van der Waals surface area contributed by atoms with E-state index in [2.05, 4.69) is 60.1 Å². The van der Waals surface area contributed by atoms with Crippen molar-refractivity contribution in [2.45, 2.75) is 169 Å². The van der Waals surface area contributed by atoms with Gasteiger partial charge in [-0.1, -0.05) is 168 Å². The zero-order valence-electron chi connectivity index (χ0n) is 71.2. The highest BCUT2D eigenvalue weighted by Crippen LogP contribution is 2.54. The monoisotopic (exact) mass is 1800 g/mol. The molecule has 3 saturated heterocycles. The molecule has 39 nitrogen and oxygen atoms in total. The van der Waals surface area contributed by atoms with Crippen molar-refractivity contribution in [3.63, 3.8) is 0 Å². The molecular formula is C85H103N18O21P3. The summed E-state index contributed by atoms with van der Waals surface area (Å²) in [5, 5.41) is 40.2. The average Bonchev–Trinajstić information content (AvgIpc) is 1.55. The number of nitrogens with zero attached hydrogens (tertiary/aromatic N) is 12. The normalized spacial score (nSPS) is 20.6. The van der Waals surface area contributed by atoms with Crippen LogP contribution in [-0.2, 0) is 83.3 Å². The van der Waals surface area contributed by atoms with Crippen LogP contribution in [0, 0.1) is 32.1 Å². The molecule has 0 aliphatic carbocycles. The number of hydrogen-bond acceptors (Lipinski definition) is 33. The van der Waals surface area contributed by atoms with Gasteiger partial charge in [-0.3, -0.25) is 41.7 Å². The zero-order chi connectivity index (χ0) is 90.3. The number of hydrogen-bond donors (Lipinski definition) is 9. The fourth-order valence-electron chi connectivity index (χ4n) is 14.0. The number of aryl methyl sites for hydroxylation is 3. The molecule has 14 atom stereocenters. The van der Waals surface area contributed by atoms with Crippen molar-refractivity contribution >= 4 is 103 Å². The Balaban J connectivity index is 0.000000163. The molecule has 6 aromatic carbocycles. The molecule has 127 heavy (non-hydrogen) atoms. The third-order valence-corrected chi connectivity index (χ3v) is 24.8. The lowest BCUT2D eigenvalue weighted by Gasteiger charge is -2.28. The number of nitrogen functional groups attached to an aromatic ring is 3. The van der Waals surface area contributed by atoms with Gasteiger partial charge >= 0.3 is 41.1 Å². The molecule has 0 spiro atoms. The van der Waals surface area contributed by atoms with Gasteiger partial charge in [0.15, 0.2) is 34.4 Å². The molecule has 0 radical (unpaired) electrons. The number of carbonyl (C=O) groups excluding carboxylic acids is 3. The summed E-state index contributed by atoms with van der Waals surface area (Å²) in [7, 11) is -12.8. The molecule has 0 saturated carbocycles. The number of fused-ring (bicyclic) bond motifs is 4. The summed E-state index contributed by atoms with van der Waals surface area (Å²) in [6.07, 6.45) is -1.97. The number of aliphatic hydroxyl groups excluding tert-OH is 3. The number of para-hydroxylation sites is 2. The minimum absolute atomic E-state index is 0.0405. The van der Waals surface area contributed by atoms with Gasteiger partial charge in [-0.2, -0.15) is 10.2 Å². The molecule has 42 heteroatoms. The van der Waals surface area contributed by atoms with E-state index >= 15 is 0 Å². The fourth-order valence-corrected chi connectivity index (χ4v) is 18.9. The van der Waals surface area contributed by atoms with E-state index in [-0.39, 0.29) is 79.4 Å². The molecule has 9 heterocycles. The highest BCUT2D eigenvalue weighted by molar-refractivity contribution is 7.52. The quantitative estimate of drug-likeness (QED) is 0.0103. The number of benzene rings is 6. The molecule has 15 rings (SSSR count). The van der Waals surface area contributed by atoms with Gasteiger partial charge in [0, 0.05) is 24.6 Å². The molecule has 0 amide bonds. The first-order chi connectivity index (χ1) is 60.8. The van der Waals surface area contributed by atoms with Crippen LogP contribution in [-0.4, -0.2) is 173 Å². The Morgan fingerprint density at radius 1 is 0.488 bits per heavy atom. The van der Waals surface area contributed by atoms with Crippen molar-refractivity contribution in [3.05, 3.63) is 211 Å². The van der Waals surface area contributed by atoms with Crippen LogP contribution in [0.25, 0.3) is 44.3 Å². The Bertz CT molecular complexity index is 5900. The maximum Gasteiger partial charge on any atom is 0.459 e. The van der Waals surface area contributed by atoms with Gasteiger partial charge in [0.05, 0.1) is 45.4 Å². The Hall–Kier alpha value is -11.4. The van der Waals surface area contributed by atoms with E-state index < -0.39 is 135 Å². The third kappa shape index (κ3) is 24.3. The number of aromatic nitrogens is 12. The lowest BCUT2D eigenvalue weighted by Crippen LogP contribution is -2.40. The summed E-state index contributed by atoms with van der Waals surface area (Å²) in [5.41, 5.74) is 22.0. The van der Waals surface area contributed by atoms with Gasteiger partial charge in [-0.05, 0) is 92.3 Å². The van der Waals surface area contributed by atoms with Crippen LogP contribution < -0.4 is 46.0 Å². The van der Waals surface area contributed by atoms with E-state index in [1.807, 2.05) is 126 Å². The van der Waals surface area contributed by atoms with E-state index in [4.69, 9.17) is 72.8 Å². The van der Waals surface area contributed by atoms with Crippen LogP contribution >= 0.6 is 23.2 Å².